The molecule has 1 amide bonds. The number of nitrogens with one attached hydrogen (secondary N) is 1. The van der Waals surface area contributed by atoms with Gasteiger partial charge in [0.25, 0.3) is 5.69 Å². The summed E-state index contributed by atoms with van der Waals surface area (Å²) in [5, 5.41) is 14.1. The molecule has 2 fully saturated rings. The molecule has 2 aliphatic rings. The van der Waals surface area contributed by atoms with Crippen LogP contribution in [0.3, 0.4) is 0 Å². The number of nitro benzene ring substituents is 1. The van der Waals surface area contributed by atoms with Crippen molar-refractivity contribution in [3.8, 4) is 0 Å². The quantitative estimate of drug-likeness (QED) is 0.563. The van der Waals surface area contributed by atoms with Crippen LogP contribution in [0.25, 0.3) is 0 Å². The Bertz CT molecular complexity index is 791. The number of carbonyl (C=O) groups excluding carboxylic acids is 1. The molecule has 11 heteroatoms. The van der Waals surface area contributed by atoms with Gasteiger partial charge in [0, 0.05) is 32.2 Å². The molecular formula is C14H18N4O6S. The lowest BCUT2D eigenvalue weighted by atomic mass is 10.2. The Labute approximate surface area is 144 Å². The lowest BCUT2D eigenvalue weighted by Crippen LogP contribution is -2.47. The van der Waals surface area contributed by atoms with Gasteiger partial charge in [0.05, 0.1) is 29.6 Å². The first-order valence-corrected chi connectivity index (χ1v) is 9.21. The highest BCUT2D eigenvalue weighted by molar-refractivity contribution is 7.89. The Kier molecular flexibility index (Phi) is 4.88. The molecule has 0 aromatic heterocycles. The van der Waals surface area contributed by atoms with Crippen LogP contribution < -0.4 is 10.2 Å². The van der Waals surface area contributed by atoms with Crippen molar-refractivity contribution in [2.24, 2.45) is 0 Å². The number of piperazine rings is 1. The average Bonchev–Trinajstić information content (AvgIpc) is 2.62. The van der Waals surface area contributed by atoms with Gasteiger partial charge in [0.15, 0.2) is 0 Å². The maximum Gasteiger partial charge on any atom is 0.293 e. The van der Waals surface area contributed by atoms with E-state index < -0.39 is 14.9 Å². The Morgan fingerprint density at radius 2 is 1.92 bits per heavy atom. The van der Waals surface area contributed by atoms with Crippen LogP contribution in [0.5, 0.6) is 0 Å². The van der Waals surface area contributed by atoms with Gasteiger partial charge in [0.1, 0.15) is 5.69 Å². The lowest BCUT2D eigenvalue weighted by Gasteiger charge is -2.29. The van der Waals surface area contributed by atoms with E-state index in [1.807, 2.05) is 0 Å². The maximum atomic E-state index is 12.7. The first kappa shape index (κ1) is 17.6. The van der Waals surface area contributed by atoms with Crippen molar-refractivity contribution in [1.29, 1.82) is 0 Å². The van der Waals surface area contributed by atoms with Gasteiger partial charge in [-0.05, 0) is 12.1 Å². The van der Waals surface area contributed by atoms with Crippen LogP contribution in [0, 0.1) is 10.1 Å². The van der Waals surface area contributed by atoms with Gasteiger partial charge in [-0.3, -0.25) is 14.9 Å². The van der Waals surface area contributed by atoms with Gasteiger partial charge in [-0.2, -0.15) is 4.31 Å². The Morgan fingerprint density at radius 3 is 2.56 bits per heavy atom. The summed E-state index contributed by atoms with van der Waals surface area (Å²) in [4.78, 5) is 23.8. The van der Waals surface area contributed by atoms with Crippen molar-refractivity contribution in [3.63, 3.8) is 0 Å². The Morgan fingerprint density at radius 1 is 1.20 bits per heavy atom. The Hall–Kier alpha value is -2.24. The third-order valence-corrected chi connectivity index (χ3v) is 6.03. The van der Waals surface area contributed by atoms with Crippen LogP contribution in [0.1, 0.15) is 0 Å². The van der Waals surface area contributed by atoms with Gasteiger partial charge in [0.2, 0.25) is 15.9 Å². The molecule has 25 heavy (non-hydrogen) atoms. The largest absolute Gasteiger partial charge is 0.379 e. The molecule has 1 aromatic carbocycles. The second kappa shape index (κ2) is 6.94. The molecule has 0 aliphatic carbocycles. The highest BCUT2D eigenvalue weighted by atomic mass is 32.2. The van der Waals surface area contributed by atoms with E-state index in [0.29, 0.717) is 26.3 Å². The predicted octanol–water partition coefficient (Wildman–Crippen LogP) is -0.448. The first-order chi connectivity index (χ1) is 11.9. The van der Waals surface area contributed by atoms with Crippen molar-refractivity contribution in [1.82, 2.24) is 9.62 Å². The first-order valence-electron chi connectivity index (χ1n) is 7.77. The molecule has 136 valence electrons. The molecule has 0 spiro atoms. The molecule has 3 rings (SSSR count). The van der Waals surface area contributed by atoms with Gasteiger partial charge >= 0.3 is 0 Å². The van der Waals surface area contributed by atoms with E-state index in [1.54, 1.807) is 4.90 Å². The number of rotatable bonds is 4. The summed E-state index contributed by atoms with van der Waals surface area (Å²) in [5.41, 5.74) is -0.0928. The molecule has 2 aliphatic heterocycles. The van der Waals surface area contributed by atoms with Crippen molar-refractivity contribution in [3.05, 3.63) is 28.3 Å². The topological polar surface area (TPSA) is 122 Å². The zero-order chi connectivity index (χ0) is 18.0. The van der Waals surface area contributed by atoms with Gasteiger partial charge < -0.3 is 15.0 Å². The number of sulfonamides is 1. The van der Waals surface area contributed by atoms with Crippen LogP contribution in [0.4, 0.5) is 11.4 Å². The third kappa shape index (κ3) is 3.57. The molecule has 1 aromatic rings. The maximum absolute atomic E-state index is 12.7. The van der Waals surface area contributed by atoms with Crippen LogP contribution >= 0.6 is 0 Å². The monoisotopic (exact) mass is 370 g/mol. The number of hydrogen-bond acceptors (Lipinski definition) is 7. The molecule has 0 saturated carbocycles. The molecule has 0 unspecified atom stereocenters. The summed E-state index contributed by atoms with van der Waals surface area (Å²) in [6.07, 6.45) is 0. The second-order valence-corrected chi connectivity index (χ2v) is 7.63. The van der Waals surface area contributed by atoms with Crippen molar-refractivity contribution < 1.29 is 22.9 Å². The van der Waals surface area contributed by atoms with E-state index in [1.165, 1.54) is 16.4 Å². The molecule has 2 heterocycles. The number of carbonyl (C=O) groups is 1. The number of morpholine rings is 1. The smallest absolute Gasteiger partial charge is 0.293 e. The number of nitrogens with zero attached hydrogens (tertiary/aromatic N) is 3. The molecule has 0 radical (unpaired) electrons. The number of benzene rings is 1. The molecule has 0 atom stereocenters. The van der Waals surface area contributed by atoms with E-state index in [9.17, 15) is 23.3 Å². The predicted molar refractivity (Wildman–Crippen MR) is 87.9 cm³/mol. The fourth-order valence-corrected chi connectivity index (χ4v) is 4.29. The second-order valence-electron chi connectivity index (χ2n) is 5.70. The zero-order valence-electron chi connectivity index (χ0n) is 13.4. The fraction of sp³-hybridized carbons (Fsp3) is 0.500. The fourth-order valence-electron chi connectivity index (χ4n) is 2.86. The van der Waals surface area contributed by atoms with E-state index in [0.717, 1.165) is 6.07 Å². The minimum absolute atomic E-state index is 0.00357. The number of amides is 1. The van der Waals surface area contributed by atoms with Crippen LogP contribution in [-0.2, 0) is 19.6 Å². The minimum Gasteiger partial charge on any atom is -0.379 e. The summed E-state index contributed by atoms with van der Waals surface area (Å²) in [7, 11) is -3.83. The van der Waals surface area contributed by atoms with Crippen molar-refractivity contribution >= 4 is 27.3 Å². The zero-order valence-corrected chi connectivity index (χ0v) is 14.2. The normalized spacial score (nSPS) is 19.5. The summed E-state index contributed by atoms with van der Waals surface area (Å²) in [6, 6.07) is 3.80. The Balaban J connectivity index is 1.96. The summed E-state index contributed by atoms with van der Waals surface area (Å²) >= 11 is 0. The minimum atomic E-state index is -3.83. The van der Waals surface area contributed by atoms with E-state index in [2.05, 4.69) is 5.32 Å². The molecular weight excluding hydrogens is 352 g/mol. The summed E-state index contributed by atoms with van der Waals surface area (Å²) in [5.74, 6) is -0.231. The molecule has 1 N–H and O–H groups in total. The van der Waals surface area contributed by atoms with E-state index >= 15 is 0 Å². The number of ether oxygens (including phenoxy) is 1. The van der Waals surface area contributed by atoms with E-state index in [-0.39, 0.29) is 41.8 Å². The molecule has 0 bridgehead atoms. The molecule has 2 saturated heterocycles. The number of hydrogen-bond donors (Lipinski definition) is 1. The summed E-state index contributed by atoms with van der Waals surface area (Å²) < 4.78 is 31.7. The number of nitro groups is 1. The molecule has 10 nitrogen and oxygen atoms in total. The van der Waals surface area contributed by atoms with Gasteiger partial charge in [-0.15, -0.1) is 0 Å². The van der Waals surface area contributed by atoms with Gasteiger partial charge in [-0.25, -0.2) is 8.42 Å². The van der Waals surface area contributed by atoms with Crippen LogP contribution in [0.2, 0.25) is 0 Å². The van der Waals surface area contributed by atoms with Crippen LogP contribution in [0.15, 0.2) is 23.1 Å². The number of anilines is 1. The standard InChI is InChI=1S/C14H18N4O6S/c19-14-10-16(4-3-15-14)12-2-1-11(9-13(12)18(20)21)25(22,23)17-5-7-24-8-6-17/h1-2,9H,3-8,10H2,(H,15,19). The van der Waals surface area contributed by atoms with E-state index in [4.69, 9.17) is 4.74 Å². The average molecular weight is 370 g/mol. The van der Waals surface area contributed by atoms with Gasteiger partial charge in [-0.1, -0.05) is 0 Å². The summed E-state index contributed by atoms with van der Waals surface area (Å²) in [6.45, 7) is 1.81. The highest BCUT2D eigenvalue weighted by Crippen LogP contribution is 2.32. The van der Waals surface area contributed by atoms with Crippen LogP contribution in [-0.4, -0.2) is 69.5 Å². The van der Waals surface area contributed by atoms with Crippen molar-refractivity contribution in [2.45, 2.75) is 4.90 Å². The lowest BCUT2D eigenvalue weighted by molar-refractivity contribution is -0.384. The SMILES string of the molecule is O=C1CN(c2ccc(S(=O)(=O)N3CCOCC3)cc2[N+](=O)[O-])CCN1. The third-order valence-electron chi connectivity index (χ3n) is 4.13. The van der Waals surface area contributed by atoms with Crippen molar-refractivity contribution in [2.75, 3.05) is 50.8 Å². The highest BCUT2D eigenvalue weighted by Gasteiger charge is 2.30.